The van der Waals surface area contributed by atoms with Crippen molar-refractivity contribution in [2.75, 3.05) is 0 Å². The average molecular weight is 254 g/mol. The van der Waals surface area contributed by atoms with Gasteiger partial charge in [0.2, 0.25) is 0 Å². The Bertz CT molecular complexity index is 641. The van der Waals surface area contributed by atoms with Crippen molar-refractivity contribution in [2.45, 2.75) is 33.1 Å². The highest BCUT2D eigenvalue weighted by atomic mass is 16.1. The molecule has 1 unspecified atom stereocenters. The number of benzene rings is 2. The van der Waals surface area contributed by atoms with E-state index < -0.39 is 0 Å². The van der Waals surface area contributed by atoms with Gasteiger partial charge in [-0.3, -0.25) is 9.59 Å². The van der Waals surface area contributed by atoms with Gasteiger partial charge >= 0.3 is 0 Å². The fraction of sp³-hybridized carbons (Fsp3) is 0.294. The van der Waals surface area contributed by atoms with Crippen LogP contribution in [-0.2, 0) is 16.0 Å². The van der Waals surface area contributed by atoms with E-state index in [1.165, 1.54) is 0 Å². The normalized spacial score (nSPS) is 12.4. The van der Waals surface area contributed by atoms with Gasteiger partial charge in [-0.1, -0.05) is 43.3 Å². The van der Waals surface area contributed by atoms with Crippen LogP contribution in [0.2, 0.25) is 0 Å². The molecule has 2 nitrogen and oxygen atoms in total. The van der Waals surface area contributed by atoms with Crippen LogP contribution < -0.4 is 0 Å². The zero-order valence-electron chi connectivity index (χ0n) is 11.6. The van der Waals surface area contributed by atoms with Crippen LogP contribution in [0.3, 0.4) is 0 Å². The van der Waals surface area contributed by atoms with Crippen molar-refractivity contribution < 1.29 is 9.59 Å². The molecule has 0 saturated carbocycles. The Morgan fingerprint density at radius 2 is 1.63 bits per heavy atom. The van der Waals surface area contributed by atoms with Crippen molar-refractivity contribution >= 4 is 22.3 Å². The van der Waals surface area contributed by atoms with Gasteiger partial charge in [0.25, 0.3) is 0 Å². The second-order valence-corrected chi connectivity index (χ2v) is 5.15. The van der Waals surface area contributed by atoms with Crippen molar-refractivity contribution in [3.8, 4) is 0 Å². The standard InChI is InChI=1S/C17H18O2/c1-11(18)8-14-4-5-17-10-15(12(2)13(3)19)6-7-16(17)9-14/h4-7,9-10,12H,8H2,1-3H3. The fourth-order valence-corrected chi connectivity index (χ4v) is 2.22. The molecule has 98 valence electrons. The zero-order chi connectivity index (χ0) is 14.0. The molecule has 0 fully saturated rings. The van der Waals surface area contributed by atoms with E-state index in [9.17, 15) is 9.59 Å². The number of rotatable bonds is 4. The van der Waals surface area contributed by atoms with Gasteiger partial charge in [-0.05, 0) is 35.7 Å². The van der Waals surface area contributed by atoms with Crippen LogP contribution in [-0.4, -0.2) is 11.6 Å². The molecule has 1 atom stereocenters. The topological polar surface area (TPSA) is 34.1 Å². The largest absolute Gasteiger partial charge is 0.300 e. The summed E-state index contributed by atoms with van der Waals surface area (Å²) in [5, 5.41) is 2.22. The van der Waals surface area contributed by atoms with E-state index >= 15 is 0 Å². The molecule has 0 amide bonds. The van der Waals surface area contributed by atoms with Crippen LogP contribution in [0.15, 0.2) is 36.4 Å². The summed E-state index contributed by atoms with van der Waals surface area (Å²) in [7, 11) is 0. The van der Waals surface area contributed by atoms with Gasteiger partial charge in [-0.15, -0.1) is 0 Å². The van der Waals surface area contributed by atoms with Crippen molar-refractivity contribution in [1.29, 1.82) is 0 Å². The number of fused-ring (bicyclic) bond motifs is 1. The lowest BCUT2D eigenvalue weighted by Gasteiger charge is -2.10. The lowest BCUT2D eigenvalue weighted by molar-refractivity contribution is -0.118. The molecule has 2 rings (SSSR count). The van der Waals surface area contributed by atoms with Gasteiger partial charge < -0.3 is 0 Å². The van der Waals surface area contributed by atoms with Crippen LogP contribution in [0.1, 0.15) is 37.8 Å². The molecule has 0 aromatic heterocycles. The monoisotopic (exact) mass is 254 g/mol. The number of hydrogen-bond acceptors (Lipinski definition) is 2. The van der Waals surface area contributed by atoms with Crippen LogP contribution in [0.5, 0.6) is 0 Å². The smallest absolute Gasteiger partial charge is 0.136 e. The molecule has 2 heteroatoms. The summed E-state index contributed by atoms with van der Waals surface area (Å²) in [5.74, 6) is 0.273. The number of Topliss-reactive ketones (excluding diaryl/α,β-unsaturated/α-hetero) is 2. The highest BCUT2D eigenvalue weighted by molar-refractivity contribution is 5.88. The van der Waals surface area contributed by atoms with Crippen molar-refractivity contribution in [2.24, 2.45) is 0 Å². The summed E-state index contributed by atoms with van der Waals surface area (Å²) in [6.45, 7) is 5.14. The lowest BCUT2D eigenvalue weighted by Crippen LogP contribution is -2.03. The third-order valence-corrected chi connectivity index (χ3v) is 3.49. The Labute approximate surface area is 113 Å². The summed E-state index contributed by atoms with van der Waals surface area (Å²) < 4.78 is 0. The molecule has 0 bridgehead atoms. The van der Waals surface area contributed by atoms with E-state index in [0.29, 0.717) is 6.42 Å². The maximum Gasteiger partial charge on any atom is 0.136 e. The number of hydrogen-bond donors (Lipinski definition) is 0. The Kier molecular flexibility index (Phi) is 3.79. The lowest BCUT2D eigenvalue weighted by atomic mass is 9.94. The van der Waals surface area contributed by atoms with E-state index in [0.717, 1.165) is 21.9 Å². The van der Waals surface area contributed by atoms with Gasteiger partial charge in [0.05, 0.1) is 0 Å². The van der Waals surface area contributed by atoms with Crippen LogP contribution in [0, 0.1) is 0 Å². The first-order valence-corrected chi connectivity index (χ1v) is 6.50. The van der Waals surface area contributed by atoms with Crippen LogP contribution in [0.4, 0.5) is 0 Å². The second-order valence-electron chi connectivity index (χ2n) is 5.15. The van der Waals surface area contributed by atoms with Crippen molar-refractivity contribution in [3.63, 3.8) is 0 Å². The molecule has 0 spiro atoms. The van der Waals surface area contributed by atoms with Gasteiger partial charge in [-0.25, -0.2) is 0 Å². The van der Waals surface area contributed by atoms with Crippen molar-refractivity contribution in [3.05, 3.63) is 47.5 Å². The van der Waals surface area contributed by atoms with Gasteiger partial charge in [0.1, 0.15) is 11.6 Å². The summed E-state index contributed by atoms with van der Waals surface area (Å²) in [5.41, 5.74) is 2.08. The minimum atomic E-state index is -0.0682. The first-order valence-electron chi connectivity index (χ1n) is 6.50. The van der Waals surface area contributed by atoms with Gasteiger partial charge in [-0.2, -0.15) is 0 Å². The third kappa shape index (κ3) is 3.08. The van der Waals surface area contributed by atoms with E-state index in [1.807, 2.05) is 37.3 Å². The molecule has 0 aliphatic rings. The Morgan fingerprint density at radius 3 is 2.26 bits per heavy atom. The molecule has 0 N–H and O–H groups in total. The first kappa shape index (κ1) is 13.5. The molecule has 0 radical (unpaired) electrons. The molecule has 0 aliphatic carbocycles. The molecule has 19 heavy (non-hydrogen) atoms. The molecule has 0 heterocycles. The Balaban J connectivity index is 2.40. The SMILES string of the molecule is CC(=O)Cc1ccc2cc(C(C)C(C)=O)ccc2c1. The molecular weight excluding hydrogens is 236 g/mol. The minimum absolute atomic E-state index is 0.0682. The maximum atomic E-state index is 11.4. The summed E-state index contributed by atoms with van der Waals surface area (Å²) in [4.78, 5) is 22.5. The van der Waals surface area contributed by atoms with E-state index in [-0.39, 0.29) is 17.5 Å². The third-order valence-electron chi connectivity index (χ3n) is 3.49. The van der Waals surface area contributed by atoms with Crippen LogP contribution >= 0.6 is 0 Å². The van der Waals surface area contributed by atoms with E-state index in [1.54, 1.807) is 13.8 Å². The number of ketones is 2. The predicted molar refractivity (Wildman–Crippen MR) is 77.4 cm³/mol. The number of carbonyl (C=O) groups is 2. The highest BCUT2D eigenvalue weighted by Crippen LogP contribution is 2.23. The van der Waals surface area contributed by atoms with Crippen LogP contribution in [0.25, 0.3) is 10.8 Å². The zero-order valence-corrected chi connectivity index (χ0v) is 11.6. The predicted octanol–water partition coefficient (Wildman–Crippen LogP) is 3.66. The minimum Gasteiger partial charge on any atom is -0.300 e. The molecule has 0 saturated heterocycles. The summed E-state index contributed by atoms with van der Waals surface area (Å²) in [6.07, 6.45) is 0.474. The molecule has 2 aromatic carbocycles. The number of carbonyl (C=O) groups excluding carboxylic acids is 2. The second kappa shape index (κ2) is 5.35. The molecular formula is C17H18O2. The Morgan fingerprint density at radius 1 is 1.00 bits per heavy atom. The van der Waals surface area contributed by atoms with Gasteiger partial charge in [0, 0.05) is 12.3 Å². The average Bonchev–Trinajstić information content (AvgIpc) is 2.36. The van der Waals surface area contributed by atoms with Gasteiger partial charge in [0.15, 0.2) is 0 Å². The quantitative estimate of drug-likeness (QED) is 0.834. The van der Waals surface area contributed by atoms with E-state index in [2.05, 4.69) is 6.07 Å². The summed E-state index contributed by atoms with van der Waals surface area (Å²) >= 11 is 0. The van der Waals surface area contributed by atoms with Crippen molar-refractivity contribution in [1.82, 2.24) is 0 Å². The van der Waals surface area contributed by atoms with E-state index in [4.69, 9.17) is 0 Å². The molecule has 0 aliphatic heterocycles. The molecule has 2 aromatic rings. The fourth-order valence-electron chi connectivity index (χ4n) is 2.22. The maximum absolute atomic E-state index is 11.4. The Hall–Kier alpha value is -1.96. The first-order chi connectivity index (χ1) is 8.97. The summed E-state index contributed by atoms with van der Waals surface area (Å²) in [6, 6.07) is 12.1. The highest BCUT2D eigenvalue weighted by Gasteiger charge is 2.10.